The third-order valence-electron chi connectivity index (χ3n) is 4.28. The summed E-state index contributed by atoms with van der Waals surface area (Å²) in [5.74, 6) is 1.46. The van der Waals surface area contributed by atoms with Crippen molar-refractivity contribution in [3.63, 3.8) is 0 Å². The van der Waals surface area contributed by atoms with Crippen molar-refractivity contribution < 1.29 is 9.34 Å². The summed E-state index contributed by atoms with van der Waals surface area (Å²) in [5.41, 5.74) is 4.09. The van der Waals surface area contributed by atoms with Crippen LogP contribution >= 0.6 is 0 Å². The molecule has 0 spiro atoms. The second-order valence-corrected chi connectivity index (χ2v) is 6.21. The van der Waals surface area contributed by atoms with Crippen molar-refractivity contribution in [3.8, 4) is 33.8 Å². The maximum Gasteiger partial charge on any atom is 0.270 e. The number of hydrogen-bond donors (Lipinski definition) is 0. The Morgan fingerprint density at radius 3 is 2.26 bits per heavy atom. The molecule has 2 aromatic heterocycles. The molecule has 0 amide bonds. The molecule has 2 heterocycles. The van der Waals surface area contributed by atoms with E-state index in [1.807, 2.05) is 67.6 Å². The van der Waals surface area contributed by atoms with Gasteiger partial charge in [0.1, 0.15) is 11.5 Å². The third-order valence-corrected chi connectivity index (χ3v) is 4.28. The summed E-state index contributed by atoms with van der Waals surface area (Å²) >= 11 is 0. The summed E-state index contributed by atoms with van der Waals surface area (Å²) < 4.78 is 5.74. The molecule has 27 heavy (non-hydrogen) atoms. The van der Waals surface area contributed by atoms with E-state index in [0.29, 0.717) is 11.5 Å². The van der Waals surface area contributed by atoms with Gasteiger partial charge in [0, 0.05) is 17.7 Å². The molecule has 0 atom stereocenters. The van der Waals surface area contributed by atoms with Crippen LogP contribution in [0.1, 0.15) is 5.76 Å². The maximum atomic E-state index is 11.1. The summed E-state index contributed by atoms with van der Waals surface area (Å²) in [6.07, 6.45) is 0. The third kappa shape index (κ3) is 3.48. The highest BCUT2D eigenvalue weighted by Gasteiger charge is 2.13. The van der Waals surface area contributed by atoms with E-state index in [9.17, 15) is 10.1 Å². The van der Waals surface area contributed by atoms with E-state index in [1.165, 1.54) is 6.07 Å². The van der Waals surface area contributed by atoms with Crippen LogP contribution in [0.2, 0.25) is 0 Å². The van der Waals surface area contributed by atoms with Gasteiger partial charge in [-0.3, -0.25) is 10.1 Å². The molecule has 0 N–H and O–H groups in total. The molecule has 4 rings (SSSR count). The van der Waals surface area contributed by atoms with Crippen molar-refractivity contribution in [2.75, 3.05) is 0 Å². The van der Waals surface area contributed by atoms with Crippen LogP contribution in [-0.4, -0.2) is 9.91 Å². The van der Waals surface area contributed by atoms with Gasteiger partial charge in [0.25, 0.3) is 5.69 Å². The van der Waals surface area contributed by atoms with Crippen molar-refractivity contribution in [1.82, 2.24) is 4.98 Å². The Balaban J connectivity index is 1.91. The van der Waals surface area contributed by atoms with Crippen LogP contribution in [0.3, 0.4) is 0 Å². The topological polar surface area (TPSA) is 69.2 Å². The van der Waals surface area contributed by atoms with Gasteiger partial charge in [-0.1, -0.05) is 42.5 Å². The van der Waals surface area contributed by atoms with Gasteiger partial charge < -0.3 is 4.42 Å². The Hall–Kier alpha value is -3.73. The molecule has 4 aromatic rings. The van der Waals surface area contributed by atoms with E-state index in [4.69, 9.17) is 9.40 Å². The van der Waals surface area contributed by atoms with E-state index in [1.54, 1.807) is 12.1 Å². The second kappa shape index (κ2) is 6.88. The van der Waals surface area contributed by atoms with Gasteiger partial charge in [0.15, 0.2) is 5.76 Å². The SMILES string of the molecule is Cc1ccc(-c2cc(-c3cccc([N+](=O)[O-])c3)cc(-c3ccccc3)n2)o1. The number of non-ortho nitro benzene ring substituents is 1. The van der Waals surface area contributed by atoms with E-state index in [-0.39, 0.29) is 10.6 Å². The minimum Gasteiger partial charge on any atom is -0.460 e. The number of furan rings is 1. The summed E-state index contributed by atoms with van der Waals surface area (Å²) in [5, 5.41) is 11.1. The van der Waals surface area contributed by atoms with E-state index >= 15 is 0 Å². The summed E-state index contributed by atoms with van der Waals surface area (Å²) in [6, 6.07) is 24.0. The highest BCUT2D eigenvalue weighted by Crippen LogP contribution is 2.32. The summed E-state index contributed by atoms with van der Waals surface area (Å²) in [6.45, 7) is 1.88. The van der Waals surface area contributed by atoms with Gasteiger partial charge in [0.2, 0.25) is 0 Å². The molecular formula is C22H16N2O3. The van der Waals surface area contributed by atoms with Gasteiger partial charge in [0.05, 0.1) is 10.6 Å². The van der Waals surface area contributed by atoms with Crippen LogP contribution in [0.4, 0.5) is 5.69 Å². The number of benzene rings is 2. The average molecular weight is 356 g/mol. The Kier molecular flexibility index (Phi) is 4.26. The quantitative estimate of drug-likeness (QED) is 0.337. The van der Waals surface area contributed by atoms with E-state index in [0.717, 1.165) is 28.1 Å². The van der Waals surface area contributed by atoms with Gasteiger partial charge in [-0.05, 0) is 42.3 Å². The molecule has 0 bridgehead atoms. The predicted octanol–water partition coefficient (Wildman–Crippen LogP) is 5.89. The number of hydrogen-bond acceptors (Lipinski definition) is 4. The normalized spacial score (nSPS) is 10.7. The van der Waals surface area contributed by atoms with Crippen LogP contribution in [0.15, 0.2) is 83.3 Å². The first kappa shape index (κ1) is 16.7. The zero-order valence-electron chi connectivity index (χ0n) is 14.6. The van der Waals surface area contributed by atoms with Crippen LogP contribution in [0.25, 0.3) is 33.8 Å². The van der Waals surface area contributed by atoms with Crippen molar-refractivity contribution in [2.24, 2.45) is 0 Å². The predicted molar refractivity (Wildman–Crippen MR) is 104 cm³/mol. The Bertz CT molecular complexity index is 1120. The minimum atomic E-state index is -0.389. The molecule has 0 unspecified atom stereocenters. The first-order chi connectivity index (χ1) is 13.1. The molecule has 0 aliphatic rings. The number of rotatable bonds is 4. The lowest BCUT2D eigenvalue weighted by molar-refractivity contribution is -0.384. The second-order valence-electron chi connectivity index (χ2n) is 6.21. The van der Waals surface area contributed by atoms with Crippen LogP contribution in [-0.2, 0) is 0 Å². The molecule has 0 aliphatic carbocycles. The monoisotopic (exact) mass is 356 g/mol. The van der Waals surface area contributed by atoms with Gasteiger partial charge in [-0.2, -0.15) is 0 Å². The average Bonchev–Trinajstić information content (AvgIpc) is 3.15. The lowest BCUT2D eigenvalue weighted by Gasteiger charge is -2.09. The van der Waals surface area contributed by atoms with E-state index in [2.05, 4.69) is 0 Å². The number of nitro benzene ring substituents is 1. The van der Waals surface area contributed by atoms with Gasteiger partial charge in [-0.15, -0.1) is 0 Å². The lowest BCUT2D eigenvalue weighted by Crippen LogP contribution is -1.92. The fraction of sp³-hybridized carbons (Fsp3) is 0.0455. The summed E-state index contributed by atoms with van der Waals surface area (Å²) in [4.78, 5) is 15.5. The standard InChI is InChI=1S/C22H16N2O3/c1-15-10-11-22(27-15)21-14-18(17-8-5-9-19(12-17)24(25)26)13-20(23-21)16-6-3-2-4-7-16/h2-14H,1H3. The van der Waals surface area contributed by atoms with Crippen molar-refractivity contribution >= 4 is 5.69 Å². The number of nitro groups is 1. The summed E-state index contributed by atoms with van der Waals surface area (Å²) in [7, 11) is 0. The Morgan fingerprint density at radius 2 is 1.56 bits per heavy atom. The fourth-order valence-corrected chi connectivity index (χ4v) is 2.95. The Morgan fingerprint density at radius 1 is 0.815 bits per heavy atom. The molecule has 5 heteroatoms. The van der Waals surface area contributed by atoms with Crippen molar-refractivity contribution in [2.45, 2.75) is 6.92 Å². The highest BCUT2D eigenvalue weighted by atomic mass is 16.6. The molecule has 0 fully saturated rings. The van der Waals surface area contributed by atoms with Crippen molar-refractivity contribution in [1.29, 1.82) is 0 Å². The van der Waals surface area contributed by atoms with Gasteiger partial charge >= 0.3 is 0 Å². The minimum absolute atomic E-state index is 0.0565. The molecule has 0 radical (unpaired) electrons. The molecule has 0 saturated heterocycles. The molecule has 5 nitrogen and oxygen atoms in total. The van der Waals surface area contributed by atoms with Crippen molar-refractivity contribution in [3.05, 3.63) is 94.7 Å². The molecular weight excluding hydrogens is 340 g/mol. The number of aromatic nitrogens is 1. The Labute approximate surface area is 156 Å². The molecule has 132 valence electrons. The molecule has 2 aromatic carbocycles. The van der Waals surface area contributed by atoms with Crippen LogP contribution in [0.5, 0.6) is 0 Å². The zero-order valence-corrected chi connectivity index (χ0v) is 14.6. The number of nitrogens with zero attached hydrogens (tertiary/aromatic N) is 2. The van der Waals surface area contributed by atoms with Crippen LogP contribution < -0.4 is 0 Å². The molecule has 0 aliphatic heterocycles. The lowest BCUT2D eigenvalue weighted by atomic mass is 10.0. The fourth-order valence-electron chi connectivity index (χ4n) is 2.95. The zero-order chi connectivity index (χ0) is 18.8. The molecule has 0 saturated carbocycles. The largest absolute Gasteiger partial charge is 0.460 e. The highest BCUT2D eigenvalue weighted by molar-refractivity contribution is 5.76. The van der Waals surface area contributed by atoms with Crippen LogP contribution in [0, 0.1) is 17.0 Å². The smallest absolute Gasteiger partial charge is 0.270 e. The van der Waals surface area contributed by atoms with Gasteiger partial charge in [-0.25, -0.2) is 4.98 Å². The van der Waals surface area contributed by atoms with E-state index < -0.39 is 0 Å². The first-order valence-electron chi connectivity index (χ1n) is 8.49. The number of aryl methyl sites for hydroxylation is 1. The maximum absolute atomic E-state index is 11.1. The first-order valence-corrected chi connectivity index (χ1v) is 8.49. The number of pyridine rings is 1.